The summed E-state index contributed by atoms with van der Waals surface area (Å²) in [5, 5.41) is 9.74. The molecule has 4 rings (SSSR count). The van der Waals surface area contributed by atoms with Gasteiger partial charge >= 0.3 is 0 Å². The Hall–Kier alpha value is -2.78. The Kier molecular flexibility index (Phi) is 5.36. The van der Waals surface area contributed by atoms with E-state index >= 15 is 0 Å². The molecule has 28 heavy (non-hydrogen) atoms. The van der Waals surface area contributed by atoms with Gasteiger partial charge in [0.25, 0.3) is 0 Å². The molecule has 0 radical (unpaired) electrons. The average molecular weight is 458 g/mol. The molecule has 0 spiro atoms. The fourth-order valence-electron chi connectivity index (χ4n) is 2.47. The van der Waals surface area contributed by atoms with Gasteiger partial charge in [-0.15, -0.1) is 11.3 Å². The van der Waals surface area contributed by atoms with Crippen LogP contribution >= 0.6 is 27.3 Å². The van der Waals surface area contributed by atoms with Crippen molar-refractivity contribution in [1.82, 2.24) is 20.1 Å². The summed E-state index contributed by atoms with van der Waals surface area (Å²) in [6, 6.07) is 11.4. The van der Waals surface area contributed by atoms with E-state index in [0.29, 0.717) is 28.4 Å². The molecule has 0 aliphatic heterocycles. The molecular weight excluding hydrogens is 442 g/mol. The van der Waals surface area contributed by atoms with Crippen LogP contribution < -0.4 is 10.1 Å². The molecule has 3 aromatic heterocycles. The van der Waals surface area contributed by atoms with Gasteiger partial charge in [-0.1, -0.05) is 23.4 Å². The van der Waals surface area contributed by atoms with Crippen molar-refractivity contribution in [2.24, 2.45) is 0 Å². The Balaban J connectivity index is 1.55. The number of ether oxygens (including phenoxy) is 1. The number of hydrogen-bond acceptors (Lipinski definition) is 8. The minimum atomic E-state index is -0.0917. The third-order valence-corrected chi connectivity index (χ3v) is 5.10. The van der Waals surface area contributed by atoms with E-state index in [1.54, 1.807) is 13.1 Å². The maximum Gasteiger partial charge on any atom is 0.235 e. The number of anilines is 2. The largest absolute Gasteiger partial charge is 0.453 e. The van der Waals surface area contributed by atoms with Crippen LogP contribution in [0.4, 0.5) is 10.9 Å². The Morgan fingerprint density at radius 1 is 1.21 bits per heavy atom. The van der Waals surface area contributed by atoms with E-state index in [-0.39, 0.29) is 5.92 Å². The van der Waals surface area contributed by atoms with Gasteiger partial charge in [0.2, 0.25) is 5.89 Å². The van der Waals surface area contributed by atoms with E-state index in [2.05, 4.69) is 41.4 Å². The summed E-state index contributed by atoms with van der Waals surface area (Å²) < 4.78 is 12.1. The maximum atomic E-state index is 5.98. The van der Waals surface area contributed by atoms with Gasteiger partial charge in [0.05, 0.1) is 11.6 Å². The van der Waals surface area contributed by atoms with Crippen molar-refractivity contribution in [3.05, 3.63) is 69.9 Å². The zero-order valence-corrected chi connectivity index (χ0v) is 17.5. The summed E-state index contributed by atoms with van der Waals surface area (Å²) in [4.78, 5) is 13.3. The van der Waals surface area contributed by atoms with Crippen LogP contribution in [-0.2, 0) is 0 Å². The number of halogens is 1. The molecule has 0 saturated heterocycles. The number of benzene rings is 1. The zero-order chi connectivity index (χ0) is 19.5. The number of aromatic nitrogens is 4. The van der Waals surface area contributed by atoms with Gasteiger partial charge in [0.15, 0.2) is 22.5 Å². The van der Waals surface area contributed by atoms with E-state index in [4.69, 9.17) is 9.26 Å². The number of hydrogen-bond donors (Lipinski definition) is 1. The smallest absolute Gasteiger partial charge is 0.235 e. The quantitative estimate of drug-likeness (QED) is 0.398. The molecule has 0 saturated carbocycles. The summed E-state index contributed by atoms with van der Waals surface area (Å²) in [6.45, 7) is 3.77. The number of nitrogens with zero attached hydrogens (tertiary/aromatic N) is 4. The molecule has 0 amide bonds. The first-order valence-electron chi connectivity index (χ1n) is 8.49. The normalized spacial score (nSPS) is 12.0. The van der Waals surface area contributed by atoms with Gasteiger partial charge in [-0.3, -0.25) is 0 Å². The van der Waals surface area contributed by atoms with Crippen molar-refractivity contribution < 1.29 is 9.26 Å². The summed E-state index contributed by atoms with van der Waals surface area (Å²) in [5.74, 6) is 2.96. The van der Waals surface area contributed by atoms with Crippen LogP contribution in [0.1, 0.15) is 30.3 Å². The van der Waals surface area contributed by atoms with Crippen molar-refractivity contribution in [2.45, 2.75) is 19.8 Å². The van der Waals surface area contributed by atoms with E-state index in [1.807, 2.05) is 48.7 Å². The van der Waals surface area contributed by atoms with Crippen LogP contribution in [0.25, 0.3) is 0 Å². The number of aryl methyl sites for hydroxylation is 1. The third kappa shape index (κ3) is 4.20. The van der Waals surface area contributed by atoms with Crippen LogP contribution in [-0.4, -0.2) is 20.1 Å². The molecule has 9 heteroatoms. The second-order valence-corrected chi connectivity index (χ2v) is 7.79. The van der Waals surface area contributed by atoms with Crippen LogP contribution in [0.15, 0.2) is 57.0 Å². The minimum absolute atomic E-state index is 0.0917. The molecule has 0 aliphatic rings. The first-order chi connectivity index (χ1) is 13.6. The molecule has 1 N–H and O–H groups in total. The predicted octanol–water partition coefficient (Wildman–Crippen LogP) is 5.68. The van der Waals surface area contributed by atoms with Gasteiger partial charge in [0.1, 0.15) is 5.75 Å². The highest BCUT2D eigenvalue weighted by Gasteiger charge is 2.19. The van der Waals surface area contributed by atoms with Gasteiger partial charge in [0, 0.05) is 22.1 Å². The number of pyridine rings is 1. The number of para-hydroxylation sites is 1. The Bertz CT molecular complexity index is 1080. The van der Waals surface area contributed by atoms with Crippen LogP contribution in [0.2, 0.25) is 0 Å². The van der Waals surface area contributed by atoms with Crippen LogP contribution in [0.3, 0.4) is 0 Å². The number of nitrogens with one attached hydrogen (secondary N) is 1. The number of thiazole rings is 1. The fourth-order valence-corrected chi connectivity index (χ4v) is 3.58. The van der Waals surface area contributed by atoms with Crippen molar-refractivity contribution in [1.29, 1.82) is 0 Å². The summed E-state index contributed by atoms with van der Waals surface area (Å²) in [7, 11) is 0. The molecular formula is C19H16BrN5O2S. The monoisotopic (exact) mass is 457 g/mol. The first-order valence-corrected chi connectivity index (χ1v) is 10.2. The van der Waals surface area contributed by atoms with Crippen molar-refractivity contribution in [3.63, 3.8) is 0 Å². The molecule has 1 aromatic carbocycles. The van der Waals surface area contributed by atoms with Crippen molar-refractivity contribution in [2.75, 3.05) is 5.32 Å². The molecule has 1 atom stereocenters. The lowest BCUT2D eigenvalue weighted by atomic mass is 10.1. The Morgan fingerprint density at radius 2 is 2.04 bits per heavy atom. The van der Waals surface area contributed by atoms with E-state index in [1.165, 1.54) is 11.3 Å². The minimum Gasteiger partial charge on any atom is -0.453 e. The lowest BCUT2D eigenvalue weighted by Crippen LogP contribution is -2.00. The lowest BCUT2D eigenvalue weighted by molar-refractivity contribution is 0.366. The summed E-state index contributed by atoms with van der Waals surface area (Å²) in [5.41, 5.74) is 0.846. The first kappa shape index (κ1) is 18.6. The predicted molar refractivity (Wildman–Crippen MR) is 110 cm³/mol. The molecule has 0 fully saturated rings. The summed E-state index contributed by atoms with van der Waals surface area (Å²) in [6.07, 6.45) is 1.71. The summed E-state index contributed by atoms with van der Waals surface area (Å²) >= 11 is 4.91. The van der Waals surface area contributed by atoms with Crippen LogP contribution in [0, 0.1) is 6.92 Å². The Morgan fingerprint density at radius 3 is 2.79 bits per heavy atom. The molecule has 0 aliphatic carbocycles. The maximum absolute atomic E-state index is 5.98. The number of rotatable bonds is 6. The van der Waals surface area contributed by atoms with Gasteiger partial charge in [-0.05, 0) is 41.9 Å². The van der Waals surface area contributed by atoms with Gasteiger partial charge < -0.3 is 14.6 Å². The van der Waals surface area contributed by atoms with Gasteiger partial charge in [-0.2, -0.15) is 4.98 Å². The lowest BCUT2D eigenvalue weighted by Gasteiger charge is -2.11. The second kappa shape index (κ2) is 8.07. The highest BCUT2D eigenvalue weighted by atomic mass is 79.9. The molecule has 0 bridgehead atoms. The highest BCUT2D eigenvalue weighted by molar-refractivity contribution is 9.10. The molecule has 1 unspecified atom stereocenters. The van der Waals surface area contributed by atoms with Crippen LogP contribution in [0.5, 0.6) is 11.5 Å². The van der Waals surface area contributed by atoms with Crippen molar-refractivity contribution in [3.8, 4) is 11.5 Å². The van der Waals surface area contributed by atoms with Crippen molar-refractivity contribution >= 4 is 38.2 Å². The van der Waals surface area contributed by atoms with Gasteiger partial charge in [-0.25, -0.2) is 9.97 Å². The molecule has 7 nitrogen and oxygen atoms in total. The van der Waals surface area contributed by atoms with E-state index in [0.717, 1.165) is 15.9 Å². The highest BCUT2D eigenvalue weighted by Crippen LogP contribution is 2.34. The van der Waals surface area contributed by atoms with E-state index < -0.39 is 0 Å². The standard InChI is InChI=1S/C19H16BrN5O2S/c1-11(18-22-12(2)25-27-18)15-10-28-19(23-15)24-17-16(8-13(20)9-21-17)26-14-6-4-3-5-7-14/h3-11H,1-2H3,(H,21,23,24). The third-order valence-electron chi connectivity index (χ3n) is 3.90. The Labute approximate surface area is 173 Å². The molecule has 3 heterocycles. The van der Waals surface area contributed by atoms with E-state index in [9.17, 15) is 0 Å². The fraction of sp³-hybridized carbons (Fsp3) is 0.158. The topological polar surface area (TPSA) is 86.0 Å². The second-order valence-electron chi connectivity index (χ2n) is 6.02. The average Bonchev–Trinajstić information content (AvgIpc) is 3.33. The SMILES string of the molecule is Cc1noc(C(C)c2csc(Nc3ncc(Br)cc3Oc3ccccc3)n2)n1. The molecule has 142 valence electrons. The molecule has 4 aromatic rings. The zero-order valence-electron chi connectivity index (χ0n) is 15.1.